The molecule has 0 unspecified atom stereocenters. The van der Waals surface area contributed by atoms with Crippen LogP contribution >= 0.6 is 0 Å². The highest BCUT2D eigenvalue weighted by Crippen LogP contribution is 2.28. The Morgan fingerprint density at radius 2 is 1.81 bits per heavy atom. The SMILES string of the molecule is COc1ccc(-c2noc(-c3cc4cccc(OC)c4oc3=O)n2)cc1. The first-order valence-corrected chi connectivity index (χ1v) is 7.79. The van der Waals surface area contributed by atoms with Crippen LogP contribution in [0.25, 0.3) is 33.8 Å². The van der Waals surface area contributed by atoms with Crippen LogP contribution in [0.15, 0.2) is 62.3 Å². The second kappa shape index (κ2) is 6.36. The molecule has 0 spiro atoms. The number of methoxy groups -OCH3 is 2. The smallest absolute Gasteiger partial charge is 0.349 e. The zero-order valence-corrected chi connectivity index (χ0v) is 14.1. The number of nitrogens with zero attached hydrogens (tertiary/aromatic N) is 2. The topological polar surface area (TPSA) is 87.6 Å². The van der Waals surface area contributed by atoms with Crippen LogP contribution in [0, 0.1) is 0 Å². The summed E-state index contributed by atoms with van der Waals surface area (Å²) in [5.74, 6) is 1.67. The van der Waals surface area contributed by atoms with Gasteiger partial charge in [0.05, 0.1) is 14.2 Å². The van der Waals surface area contributed by atoms with Crippen molar-refractivity contribution in [1.82, 2.24) is 10.1 Å². The van der Waals surface area contributed by atoms with E-state index in [0.717, 1.165) is 11.3 Å². The number of hydrogen-bond donors (Lipinski definition) is 0. The first-order chi connectivity index (χ1) is 12.7. The lowest BCUT2D eigenvalue weighted by molar-refractivity contribution is 0.405. The molecule has 130 valence electrons. The molecule has 2 heterocycles. The van der Waals surface area contributed by atoms with Gasteiger partial charge < -0.3 is 18.4 Å². The van der Waals surface area contributed by atoms with Crippen molar-refractivity contribution in [2.45, 2.75) is 0 Å². The minimum atomic E-state index is -0.577. The molecule has 4 rings (SSSR count). The first kappa shape index (κ1) is 15.9. The van der Waals surface area contributed by atoms with Gasteiger partial charge >= 0.3 is 5.63 Å². The highest BCUT2D eigenvalue weighted by molar-refractivity contribution is 5.85. The second-order valence-corrected chi connectivity index (χ2v) is 5.48. The van der Waals surface area contributed by atoms with Crippen molar-refractivity contribution in [3.8, 4) is 34.3 Å². The lowest BCUT2D eigenvalue weighted by Crippen LogP contribution is -2.03. The van der Waals surface area contributed by atoms with Gasteiger partial charge in [-0.15, -0.1) is 0 Å². The van der Waals surface area contributed by atoms with Crippen molar-refractivity contribution in [3.05, 3.63) is 59.0 Å². The van der Waals surface area contributed by atoms with Crippen LogP contribution in [0.4, 0.5) is 0 Å². The molecular formula is C19H14N2O5. The Morgan fingerprint density at radius 1 is 1.00 bits per heavy atom. The van der Waals surface area contributed by atoms with Crippen molar-refractivity contribution in [3.63, 3.8) is 0 Å². The number of benzene rings is 2. The Morgan fingerprint density at radius 3 is 2.54 bits per heavy atom. The molecule has 2 aromatic heterocycles. The fraction of sp³-hybridized carbons (Fsp3) is 0.105. The van der Waals surface area contributed by atoms with E-state index in [4.69, 9.17) is 18.4 Å². The van der Waals surface area contributed by atoms with Crippen molar-refractivity contribution < 1.29 is 18.4 Å². The second-order valence-electron chi connectivity index (χ2n) is 5.48. The van der Waals surface area contributed by atoms with Crippen LogP contribution in [-0.2, 0) is 0 Å². The van der Waals surface area contributed by atoms with E-state index in [0.29, 0.717) is 22.5 Å². The predicted molar refractivity (Wildman–Crippen MR) is 94.3 cm³/mol. The fourth-order valence-corrected chi connectivity index (χ4v) is 2.62. The van der Waals surface area contributed by atoms with Crippen LogP contribution in [0.5, 0.6) is 11.5 Å². The maximum absolute atomic E-state index is 12.4. The molecule has 2 aromatic carbocycles. The van der Waals surface area contributed by atoms with Gasteiger partial charge in [0.1, 0.15) is 11.3 Å². The third kappa shape index (κ3) is 2.69. The van der Waals surface area contributed by atoms with E-state index in [1.165, 1.54) is 7.11 Å². The van der Waals surface area contributed by atoms with E-state index in [1.807, 2.05) is 12.1 Å². The average molecular weight is 350 g/mol. The normalized spacial score (nSPS) is 10.8. The van der Waals surface area contributed by atoms with Gasteiger partial charge in [-0.3, -0.25) is 0 Å². The molecule has 0 aliphatic carbocycles. The third-order valence-corrected chi connectivity index (χ3v) is 3.95. The van der Waals surface area contributed by atoms with E-state index in [9.17, 15) is 4.79 Å². The van der Waals surface area contributed by atoms with Crippen LogP contribution < -0.4 is 15.1 Å². The van der Waals surface area contributed by atoms with Gasteiger partial charge in [0, 0.05) is 10.9 Å². The Labute approximate surface area is 147 Å². The third-order valence-electron chi connectivity index (χ3n) is 3.95. The van der Waals surface area contributed by atoms with Crippen LogP contribution in [0.2, 0.25) is 0 Å². The summed E-state index contributed by atoms with van der Waals surface area (Å²) in [6.45, 7) is 0. The maximum atomic E-state index is 12.4. The maximum Gasteiger partial charge on any atom is 0.349 e. The zero-order chi connectivity index (χ0) is 18.1. The summed E-state index contributed by atoms with van der Waals surface area (Å²) >= 11 is 0. The van der Waals surface area contributed by atoms with E-state index < -0.39 is 5.63 Å². The molecule has 0 saturated carbocycles. The van der Waals surface area contributed by atoms with Gasteiger partial charge in [-0.2, -0.15) is 4.98 Å². The summed E-state index contributed by atoms with van der Waals surface area (Å²) in [6.07, 6.45) is 0. The lowest BCUT2D eigenvalue weighted by Gasteiger charge is -2.03. The molecule has 0 saturated heterocycles. The molecule has 7 nitrogen and oxygen atoms in total. The largest absolute Gasteiger partial charge is 0.497 e. The standard InChI is InChI=1S/C19H14N2O5/c1-23-13-8-6-11(7-9-13)17-20-18(26-21-17)14-10-12-4-3-5-15(24-2)16(12)25-19(14)22/h3-10H,1-2H3. The Balaban J connectivity index is 1.77. The minimum Gasteiger partial charge on any atom is -0.497 e. The Bertz CT molecular complexity index is 1130. The molecule has 4 aromatic rings. The monoisotopic (exact) mass is 350 g/mol. The number of ether oxygens (including phenoxy) is 2. The zero-order valence-electron chi connectivity index (χ0n) is 14.1. The number of hydrogen-bond acceptors (Lipinski definition) is 7. The molecule has 0 bridgehead atoms. The van der Waals surface area contributed by atoms with Crippen molar-refractivity contribution in [2.24, 2.45) is 0 Å². The van der Waals surface area contributed by atoms with Gasteiger partial charge in [0.15, 0.2) is 11.3 Å². The summed E-state index contributed by atoms with van der Waals surface area (Å²) in [5.41, 5.74) is 0.733. The first-order valence-electron chi connectivity index (χ1n) is 7.79. The van der Waals surface area contributed by atoms with Crippen LogP contribution in [0.3, 0.4) is 0 Å². The quantitative estimate of drug-likeness (QED) is 0.520. The molecular weight excluding hydrogens is 336 g/mol. The van der Waals surface area contributed by atoms with Crippen molar-refractivity contribution in [2.75, 3.05) is 14.2 Å². The molecule has 26 heavy (non-hydrogen) atoms. The van der Waals surface area contributed by atoms with Crippen LogP contribution in [-0.4, -0.2) is 24.4 Å². The van der Waals surface area contributed by atoms with Crippen LogP contribution in [0.1, 0.15) is 0 Å². The molecule has 0 N–H and O–H groups in total. The summed E-state index contributed by atoms with van der Waals surface area (Å²) in [5, 5.41) is 4.64. The number of fused-ring (bicyclic) bond motifs is 1. The molecule has 0 fully saturated rings. The van der Waals surface area contributed by atoms with Crippen molar-refractivity contribution in [1.29, 1.82) is 0 Å². The summed E-state index contributed by atoms with van der Waals surface area (Å²) in [6, 6.07) is 14.2. The van der Waals surface area contributed by atoms with Gasteiger partial charge in [-0.1, -0.05) is 17.3 Å². The van der Waals surface area contributed by atoms with Gasteiger partial charge in [-0.05, 0) is 36.4 Å². The highest BCUT2D eigenvalue weighted by atomic mass is 16.5. The summed E-state index contributed by atoms with van der Waals surface area (Å²) in [7, 11) is 3.11. The number of aromatic nitrogens is 2. The number of para-hydroxylation sites is 1. The fourth-order valence-electron chi connectivity index (χ4n) is 2.62. The predicted octanol–water partition coefficient (Wildman–Crippen LogP) is 3.53. The van der Waals surface area contributed by atoms with E-state index in [1.54, 1.807) is 43.5 Å². The van der Waals surface area contributed by atoms with Crippen molar-refractivity contribution >= 4 is 11.0 Å². The van der Waals surface area contributed by atoms with Gasteiger partial charge in [0.25, 0.3) is 5.89 Å². The molecule has 0 aliphatic heterocycles. The van der Waals surface area contributed by atoms with E-state index in [2.05, 4.69) is 10.1 Å². The Hall–Kier alpha value is -3.61. The lowest BCUT2D eigenvalue weighted by atomic mass is 10.1. The summed E-state index contributed by atoms with van der Waals surface area (Å²) in [4.78, 5) is 16.7. The number of rotatable bonds is 4. The minimum absolute atomic E-state index is 0.0919. The highest BCUT2D eigenvalue weighted by Gasteiger charge is 2.17. The van der Waals surface area contributed by atoms with Gasteiger partial charge in [0.2, 0.25) is 5.82 Å². The molecule has 0 amide bonds. The molecule has 0 atom stereocenters. The molecule has 7 heteroatoms. The Kier molecular flexibility index (Phi) is 3.89. The molecule has 0 aliphatic rings. The van der Waals surface area contributed by atoms with E-state index in [-0.39, 0.29) is 11.5 Å². The molecule has 0 radical (unpaired) electrons. The van der Waals surface area contributed by atoms with Gasteiger partial charge in [-0.25, -0.2) is 4.79 Å². The summed E-state index contributed by atoms with van der Waals surface area (Å²) < 4.78 is 21.0. The van der Waals surface area contributed by atoms with E-state index >= 15 is 0 Å². The average Bonchev–Trinajstić information content (AvgIpc) is 3.17.